The van der Waals surface area contributed by atoms with Crippen LogP contribution in [-0.4, -0.2) is 35.7 Å². The van der Waals surface area contributed by atoms with Gasteiger partial charge in [-0.2, -0.15) is 0 Å². The van der Waals surface area contributed by atoms with E-state index in [4.69, 9.17) is 0 Å². The van der Waals surface area contributed by atoms with E-state index in [2.05, 4.69) is 50.2 Å². The van der Waals surface area contributed by atoms with Gasteiger partial charge in [0.05, 0.1) is 6.10 Å². The number of aliphatic hydroxyl groups excluding tert-OH is 1. The highest BCUT2D eigenvalue weighted by Crippen LogP contribution is 2.23. The zero-order valence-electron chi connectivity index (χ0n) is 11.6. The first-order chi connectivity index (χ1) is 7.83. The lowest BCUT2D eigenvalue weighted by atomic mass is 9.86. The lowest BCUT2D eigenvalue weighted by Crippen LogP contribution is -2.42. The van der Waals surface area contributed by atoms with E-state index in [0.29, 0.717) is 6.04 Å². The number of hydrogen-bond donors (Lipinski definition) is 1. The molecule has 0 radical (unpaired) electrons. The molecule has 17 heavy (non-hydrogen) atoms. The van der Waals surface area contributed by atoms with Crippen molar-refractivity contribution in [3.05, 3.63) is 22.4 Å². The SMILES string of the molecule is CC(Cc1cccs1)N(C)CC(C)(C)C(C)O. The Balaban J connectivity index is 2.50. The summed E-state index contributed by atoms with van der Waals surface area (Å²) >= 11 is 1.82. The van der Waals surface area contributed by atoms with Crippen LogP contribution in [0.3, 0.4) is 0 Å². The molecular weight excluding hydrogens is 230 g/mol. The van der Waals surface area contributed by atoms with Gasteiger partial charge in [0.15, 0.2) is 0 Å². The standard InChI is InChI=1S/C14H25NOS/c1-11(9-13-7-6-8-17-13)15(5)10-14(3,4)12(2)16/h6-8,11-12,16H,9-10H2,1-5H3. The number of aliphatic hydroxyl groups is 1. The molecule has 0 amide bonds. The van der Waals surface area contributed by atoms with Gasteiger partial charge in [0.2, 0.25) is 0 Å². The zero-order valence-corrected chi connectivity index (χ0v) is 12.4. The summed E-state index contributed by atoms with van der Waals surface area (Å²) in [6.07, 6.45) is 0.809. The molecule has 2 unspecified atom stereocenters. The Morgan fingerprint density at radius 2 is 2.06 bits per heavy atom. The number of thiophene rings is 1. The minimum Gasteiger partial charge on any atom is -0.393 e. The van der Waals surface area contributed by atoms with E-state index in [1.807, 2.05) is 18.3 Å². The van der Waals surface area contributed by atoms with Crippen LogP contribution in [0.15, 0.2) is 17.5 Å². The molecule has 0 aliphatic rings. The van der Waals surface area contributed by atoms with E-state index in [9.17, 15) is 5.11 Å². The van der Waals surface area contributed by atoms with Crippen LogP contribution in [0.5, 0.6) is 0 Å². The normalized spacial score (nSPS) is 16.2. The fourth-order valence-corrected chi connectivity index (χ4v) is 2.63. The van der Waals surface area contributed by atoms with Crippen LogP contribution in [0.25, 0.3) is 0 Å². The van der Waals surface area contributed by atoms with Crippen LogP contribution >= 0.6 is 11.3 Å². The molecule has 1 heterocycles. The van der Waals surface area contributed by atoms with Crippen LogP contribution in [0.4, 0.5) is 0 Å². The molecule has 0 spiro atoms. The molecule has 1 aromatic heterocycles. The van der Waals surface area contributed by atoms with Crippen molar-refractivity contribution >= 4 is 11.3 Å². The van der Waals surface area contributed by atoms with Gasteiger partial charge in [-0.15, -0.1) is 11.3 Å². The molecule has 1 N–H and O–H groups in total. The number of likely N-dealkylation sites (N-methyl/N-ethyl adjacent to an activating group) is 1. The molecule has 2 atom stereocenters. The Morgan fingerprint density at radius 3 is 2.53 bits per heavy atom. The molecule has 0 aliphatic heterocycles. The summed E-state index contributed by atoms with van der Waals surface area (Å²) in [6, 6.07) is 4.80. The Bertz CT molecular complexity index is 319. The largest absolute Gasteiger partial charge is 0.393 e. The molecule has 3 heteroatoms. The number of hydrogen-bond acceptors (Lipinski definition) is 3. The van der Waals surface area contributed by atoms with Crippen LogP contribution < -0.4 is 0 Å². The van der Waals surface area contributed by atoms with E-state index in [1.165, 1.54) is 4.88 Å². The highest BCUT2D eigenvalue weighted by Gasteiger charge is 2.27. The average Bonchev–Trinajstić information content (AvgIpc) is 2.69. The maximum Gasteiger partial charge on any atom is 0.0575 e. The van der Waals surface area contributed by atoms with E-state index >= 15 is 0 Å². The van der Waals surface area contributed by atoms with Crippen LogP contribution in [0.2, 0.25) is 0 Å². The molecule has 0 aromatic carbocycles. The summed E-state index contributed by atoms with van der Waals surface area (Å²) in [5, 5.41) is 11.9. The summed E-state index contributed by atoms with van der Waals surface area (Å²) in [6.45, 7) is 9.27. The van der Waals surface area contributed by atoms with Crippen LogP contribution in [0.1, 0.15) is 32.6 Å². The Morgan fingerprint density at radius 1 is 1.41 bits per heavy atom. The van der Waals surface area contributed by atoms with Gasteiger partial charge >= 0.3 is 0 Å². The maximum atomic E-state index is 9.74. The monoisotopic (exact) mass is 255 g/mol. The second-order valence-electron chi connectivity index (χ2n) is 5.71. The quantitative estimate of drug-likeness (QED) is 0.844. The highest BCUT2D eigenvalue weighted by atomic mass is 32.1. The average molecular weight is 255 g/mol. The summed E-state index contributed by atoms with van der Waals surface area (Å²) in [4.78, 5) is 3.77. The summed E-state index contributed by atoms with van der Waals surface area (Å²) in [5.41, 5.74) is -0.0571. The van der Waals surface area contributed by atoms with Gasteiger partial charge < -0.3 is 10.0 Å². The summed E-state index contributed by atoms with van der Waals surface area (Å²) < 4.78 is 0. The van der Waals surface area contributed by atoms with Crippen molar-refractivity contribution in [1.29, 1.82) is 0 Å². The second-order valence-corrected chi connectivity index (χ2v) is 6.74. The van der Waals surface area contributed by atoms with E-state index in [1.54, 1.807) is 0 Å². The predicted molar refractivity (Wildman–Crippen MR) is 75.6 cm³/mol. The molecule has 0 bridgehead atoms. The topological polar surface area (TPSA) is 23.5 Å². The number of nitrogens with zero attached hydrogens (tertiary/aromatic N) is 1. The molecule has 0 aliphatic carbocycles. The third kappa shape index (κ3) is 4.41. The first-order valence-corrected chi connectivity index (χ1v) is 7.11. The minimum atomic E-state index is -0.279. The van der Waals surface area contributed by atoms with Gasteiger partial charge in [-0.05, 0) is 38.8 Å². The van der Waals surface area contributed by atoms with Crippen LogP contribution in [-0.2, 0) is 6.42 Å². The van der Waals surface area contributed by atoms with Gasteiger partial charge in [-0.3, -0.25) is 0 Å². The predicted octanol–water partition coefficient (Wildman–Crippen LogP) is 3.02. The van der Waals surface area contributed by atoms with Gasteiger partial charge in [0.1, 0.15) is 0 Å². The van der Waals surface area contributed by atoms with E-state index < -0.39 is 0 Å². The van der Waals surface area contributed by atoms with Crippen molar-refractivity contribution < 1.29 is 5.11 Å². The summed E-state index contributed by atoms with van der Waals surface area (Å²) in [5.74, 6) is 0. The van der Waals surface area contributed by atoms with Gasteiger partial charge in [0, 0.05) is 22.9 Å². The van der Waals surface area contributed by atoms with E-state index in [0.717, 1.165) is 13.0 Å². The smallest absolute Gasteiger partial charge is 0.0575 e. The first-order valence-electron chi connectivity index (χ1n) is 6.23. The Labute approximate surface area is 109 Å². The van der Waals surface area contributed by atoms with Crippen molar-refractivity contribution in [2.75, 3.05) is 13.6 Å². The van der Waals surface area contributed by atoms with Crippen molar-refractivity contribution in [2.45, 2.75) is 46.3 Å². The third-order valence-electron chi connectivity index (χ3n) is 3.62. The molecule has 1 rings (SSSR count). The van der Waals surface area contributed by atoms with Crippen molar-refractivity contribution in [3.63, 3.8) is 0 Å². The summed E-state index contributed by atoms with van der Waals surface area (Å²) in [7, 11) is 2.14. The van der Waals surface area contributed by atoms with Crippen LogP contribution in [0, 0.1) is 5.41 Å². The molecular formula is C14H25NOS. The van der Waals surface area contributed by atoms with E-state index in [-0.39, 0.29) is 11.5 Å². The first kappa shape index (κ1) is 14.7. The molecule has 2 nitrogen and oxygen atoms in total. The Kier molecular flexibility index (Phi) is 5.17. The molecule has 1 aromatic rings. The lowest BCUT2D eigenvalue weighted by molar-refractivity contribution is 0.0325. The minimum absolute atomic E-state index is 0.0571. The van der Waals surface area contributed by atoms with Gasteiger partial charge in [0.25, 0.3) is 0 Å². The maximum absolute atomic E-state index is 9.74. The third-order valence-corrected chi connectivity index (χ3v) is 4.52. The molecule has 0 fully saturated rings. The van der Waals surface area contributed by atoms with Gasteiger partial charge in [-0.25, -0.2) is 0 Å². The fourth-order valence-electron chi connectivity index (χ4n) is 1.81. The Hall–Kier alpha value is -0.380. The fraction of sp³-hybridized carbons (Fsp3) is 0.714. The highest BCUT2D eigenvalue weighted by molar-refractivity contribution is 7.09. The second kappa shape index (κ2) is 5.98. The molecule has 98 valence electrons. The number of rotatable bonds is 6. The lowest BCUT2D eigenvalue weighted by Gasteiger charge is -2.35. The molecule has 0 saturated carbocycles. The van der Waals surface area contributed by atoms with Gasteiger partial charge in [-0.1, -0.05) is 19.9 Å². The van der Waals surface area contributed by atoms with Crippen molar-refractivity contribution in [3.8, 4) is 0 Å². The van der Waals surface area contributed by atoms with Crippen molar-refractivity contribution in [1.82, 2.24) is 4.90 Å². The zero-order chi connectivity index (χ0) is 13.1. The van der Waals surface area contributed by atoms with Crippen molar-refractivity contribution in [2.24, 2.45) is 5.41 Å². The molecule has 0 saturated heterocycles.